The van der Waals surface area contributed by atoms with Crippen molar-refractivity contribution < 1.29 is 19.1 Å². The minimum atomic E-state index is -0.204. The smallest absolute Gasteiger partial charge is 0.257 e. The first-order chi connectivity index (χ1) is 11.8. The fourth-order valence-corrected chi connectivity index (χ4v) is 2.82. The quantitative estimate of drug-likeness (QED) is 0.897. The van der Waals surface area contributed by atoms with Crippen molar-refractivity contribution >= 4 is 23.4 Å². The molecule has 25 heavy (non-hydrogen) atoms. The lowest BCUT2D eigenvalue weighted by Crippen LogP contribution is -2.51. The van der Waals surface area contributed by atoms with Gasteiger partial charge in [0, 0.05) is 44.7 Å². The predicted molar refractivity (Wildman–Crippen MR) is 94.6 cm³/mol. The standard InChI is InChI=1S/C18H25N3O4/c1-12(2)17(23)20-7-9-21(10-8-20)18(24)15-11-14(19-13(3)22)5-6-16(15)25-4/h5-6,11-12H,7-10H2,1-4H3,(H,19,22). The molecule has 7 nitrogen and oxygen atoms in total. The number of hydrogen-bond acceptors (Lipinski definition) is 4. The van der Waals surface area contributed by atoms with Crippen molar-refractivity contribution in [2.24, 2.45) is 5.92 Å². The molecular weight excluding hydrogens is 322 g/mol. The summed E-state index contributed by atoms with van der Waals surface area (Å²) in [6.07, 6.45) is 0. The lowest BCUT2D eigenvalue weighted by atomic mass is 10.1. The monoisotopic (exact) mass is 347 g/mol. The molecule has 136 valence electrons. The van der Waals surface area contributed by atoms with Crippen LogP contribution in [0.1, 0.15) is 31.1 Å². The van der Waals surface area contributed by atoms with Crippen molar-refractivity contribution in [2.45, 2.75) is 20.8 Å². The van der Waals surface area contributed by atoms with Crippen LogP contribution in [0.15, 0.2) is 18.2 Å². The van der Waals surface area contributed by atoms with E-state index in [1.165, 1.54) is 14.0 Å². The molecule has 7 heteroatoms. The molecule has 0 saturated carbocycles. The maximum atomic E-state index is 12.9. The topological polar surface area (TPSA) is 79.0 Å². The highest BCUT2D eigenvalue weighted by atomic mass is 16.5. The van der Waals surface area contributed by atoms with E-state index in [2.05, 4.69) is 5.32 Å². The summed E-state index contributed by atoms with van der Waals surface area (Å²) < 4.78 is 5.28. The number of carbonyl (C=O) groups excluding carboxylic acids is 3. The summed E-state index contributed by atoms with van der Waals surface area (Å²) in [5.74, 6) is 0.152. The van der Waals surface area contributed by atoms with Gasteiger partial charge in [-0.2, -0.15) is 0 Å². The molecule has 0 radical (unpaired) electrons. The van der Waals surface area contributed by atoms with E-state index in [4.69, 9.17) is 4.74 Å². The second-order valence-electron chi connectivity index (χ2n) is 6.37. The van der Waals surface area contributed by atoms with Gasteiger partial charge in [0.2, 0.25) is 11.8 Å². The summed E-state index contributed by atoms with van der Waals surface area (Å²) in [6.45, 7) is 7.16. The number of rotatable bonds is 4. The number of benzene rings is 1. The molecule has 1 aromatic carbocycles. The average Bonchev–Trinajstić information content (AvgIpc) is 2.60. The molecule has 1 heterocycles. The Hall–Kier alpha value is -2.57. The molecule has 0 spiro atoms. The third kappa shape index (κ3) is 4.49. The molecule has 2 rings (SSSR count). The maximum Gasteiger partial charge on any atom is 0.257 e. The molecule has 1 aromatic rings. The van der Waals surface area contributed by atoms with E-state index in [-0.39, 0.29) is 23.6 Å². The molecule has 1 fully saturated rings. The molecule has 1 N–H and O–H groups in total. The van der Waals surface area contributed by atoms with E-state index >= 15 is 0 Å². The lowest BCUT2D eigenvalue weighted by Gasteiger charge is -2.35. The van der Waals surface area contributed by atoms with Gasteiger partial charge in [-0.1, -0.05) is 13.8 Å². The number of nitrogens with one attached hydrogen (secondary N) is 1. The van der Waals surface area contributed by atoms with Crippen LogP contribution >= 0.6 is 0 Å². The van der Waals surface area contributed by atoms with E-state index in [9.17, 15) is 14.4 Å². The summed E-state index contributed by atoms with van der Waals surface area (Å²) in [5, 5.41) is 2.67. The molecule has 3 amide bonds. The first-order valence-corrected chi connectivity index (χ1v) is 8.37. The highest BCUT2D eigenvalue weighted by Crippen LogP contribution is 2.25. The number of piperazine rings is 1. The minimum Gasteiger partial charge on any atom is -0.496 e. The minimum absolute atomic E-state index is 0.0447. The highest BCUT2D eigenvalue weighted by molar-refractivity contribution is 5.99. The Balaban J connectivity index is 2.12. The molecule has 1 saturated heterocycles. The number of amides is 3. The molecule has 0 atom stereocenters. The molecule has 0 aliphatic carbocycles. The first kappa shape index (κ1) is 18.8. The van der Waals surface area contributed by atoms with Crippen molar-refractivity contribution in [1.82, 2.24) is 9.80 Å². The van der Waals surface area contributed by atoms with E-state index in [1.807, 2.05) is 13.8 Å². The Labute approximate surface area is 147 Å². The Bertz CT molecular complexity index is 664. The fraction of sp³-hybridized carbons (Fsp3) is 0.500. The van der Waals surface area contributed by atoms with Gasteiger partial charge >= 0.3 is 0 Å². The van der Waals surface area contributed by atoms with Crippen LogP contribution in [0.3, 0.4) is 0 Å². The van der Waals surface area contributed by atoms with Crippen LogP contribution in [0, 0.1) is 5.92 Å². The number of ether oxygens (including phenoxy) is 1. The van der Waals surface area contributed by atoms with Crippen molar-refractivity contribution in [3.05, 3.63) is 23.8 Å². The summed E-state index contributed by atoms with van der Waals surface area (Å²) in [5.41, 5.74) is 0.947. The third-order valence-electron chi connectivity index (χ3n) is 4.12. The van der Waals surface area contributed by atoms with Gasteiger partial charge in [-0.25, -0.2) is 0 Å². The van der Waals surface area contributed by atoms with Gasteiger partial charge in [0.1, 0.15) is 5.75 Å². The van der Waals surface area contributed by atoms with Gasteiger partial charge in [0.05, 0.1) is 12.7 Å². The molecule has 0 bridgehead atoms. The summed E-state index contributed by atoms with van der Waals surface area (Å²) in [4.78, 5) is 39.6. The van der Waals surface area contributed by atoms with Gasteiger partial charge < -0.3 is 19.9 Å². The molecule has 0 aromatic heterocycles. The summed E-state index contributed by atoms with van der Waals surface area (Å²) >= 11 is 0. The molecule has 1 aliphatic rings. The largest absolute Gasteiger partial charge is 0.496 e. The second-order valence-corrected chi connectivity index (χ2v) is 6.37. The van der Waals surface area contributed by atoms with Crippen LogP contribution in [0.2, 0.25) is 0 Å². The second kappa shape index (κ2) is 8.00. The zero-order valence-electron chi connectivity index (χ0n) is 15.2. The number of anilines is 1. The van der Waals surface area contributed by atoms with Gasteiger partial charge in [0.15, 0.2) is 0 Å². The Morgan fingerprint density at radius 1 is 1.08 bits per heavy atom. The van der Waals surface area contributed by atoms with Crippen molar-refractivity contribution in [3.8, 4) is 5.75 Å². The third-order valence-corrected chi connectivity index (χ3v) is 4.12. The van der Waals surface area contributed by atoms with E-state index in [1.54, 1.807) is 28.0 Å². The average molecular weight is 347 g/mol. The van der Waals surface area contributed by atoms with Crippen LogP contribution in [0.25, 0.3) is 0 Å². The normalized spacial score (nSPS) is 14.4. The number of hydrogen-bond donors (Lipinski definition) is 1. The SMILES string of the molecule is COc1ccc(NC(C)=O)cc1C(=O)N1CCN(C(=O)C(C)C)CC1. The summed E-state index contributed by atoms with van der Waals surface area (Å²) in [6, 6.07) is 4.97. The van der Waals surface area contributed by atoms with Crippen LogP contribution in [0.5, 0.6) is 5.75 Å². The van der Waals surface area contributed by atoms with Gasteiger partial charge in [-0.05, 0) is 18.2 Å². The summed E-state index contributed by atoms with van der Waals surface area (Å²) in [7, 11) is 1.50. The first-order valence-electron chi connectivity index (χ1n) is 8.37. The Morgan fingerprint density at radius 3 is 2.20 bits per heavy atom. The predicted octanol–water partition coefficient (Wildman–Crippen LogP) is 1.59. The molecule has 0 unspecified atom stereocenters. The van der Waals surface area contributed by atoms with Crippen molar-refractivity contribution in [3.63, 3.8) is 0 Å². The molecular formula is C18H25N3O4. The van der Waals surface area contributed by atoms with Crippen LogP contribution in [-0.2, 0) is 9.59 Å². The number of carbonyl (C=O) groups is 3. The fourth-order valence-electron chi connectivity index (χ4n) is 2.82. The zero-order valence-corrected chi connectivity index (χ0v) is 15.2. The van der Waals surface area contributed by atoms with Gasteiger partial charge in [-0.3, -0.25) is 14.4 Å². The van der Waals surface area contributed by atoms with Crippen LogP contribution in [0.4, 0.5) is 5.69 Å². The highest BCUT2D eigenvalue weighted by Gasteiger charge is 2.27. The van der Waals surface area contributed by atoms with E-state index in [0.717, 1.165) is 0 Å². The van der Waals surface area contributed by atoms with Crippen LogP contribution < -0.4 is 10.1 Å². The lowest BCUT2D eigenvalue weighted by molar-refractivity contribution is -0.135. The van der Waals surface area contributed by atoms with E-state index in [0.29, 0.717) is 43.2 Å². The number of nitrogens with zero attached hydrogens (tertiary/aromatic N) is 2. The van der Waals surface area contributed by atoms with Gasteiger partial charge in [0.25, 0.3) is 5.91 Å². The Morgan fingerprint density at radius 2 is 1.68 bits per heavy atom. The number of methoxy groups -OCH3 is 1. The van der Waals surface area contributed by atoms with Crippen molar-refractivity contribution in [2.75, 3.05) is 38.6 Å². The van der Waals surface area contributed by atoms with E-state index < -0.39 is 0 Å². The zero-order chi connectivity index (χ0) is 18.6. The molecule has 1 aliphatic heterocycles. The van der Waals surface area contributed by atoms with Gasteiger partial charge in [-0.15, -0.1) is 0 Å². The van der Waals surface area contributed by atoms with Crippen LogP contribution in [-0.4, -0.2) is 60.8 Å². The Kier molecular flexibility index (Phi) is 6.01. The maximum absolute atomic E-state index is 12.9. The van der Waals surface area contributed by atoms with Crippen molar-refractivity contribution in [1.29, 1.82) is 0 Å².